The Hall–Kier alpha value is -2.37. The zero-order valence-corrected chi connectivity index (χ0v) is 10.3. The van der Waals surface area contributed by atoms with Gasteiger partial charge in [-0.1, -0.05) is 0 Å². The second-order valence-corrected chi connectivity index (χ2v) is 3.79. The lowest BCUT2D eigenvalue weighted by Gasteiger charge is -2.07. The topological polar surface area (TPSA) is 86.0 Å². The molecular formula is C12H15N5O. The van der Waals surface area contributed by atoms with Crippen molar-refractivity contribution < 1.29 is 4.74 Å². The molecule has 2 aromatic heterocycles. The molecule has 0 aliphatic heterocycles. The highest BCUT2D eigenvalue weighted by Gasteiger charge is 2.00. The number of hydrogen-bond donors (Lipinski definition) is 2. The molecular weight excluding hydrogens is 230 g/mol. The number of nitrogens with two attached hydrogens (primary N) is 1. The first kappa shape index (κ1) is 12.1. The molecule has 6 nitrogen and oxygen atoms in total. The van der Waals surface area contributed by atoms with E-state index in [-0.39, 0.29) is 0 Å². The zero-order valence-electron chi connectivity index (χ0n) is 10.3. The summed E-state index contributed by atoms with van der Waals surface area (Å²) < 4.78 is 5.06. The molecule has 0 aliphatic carbocycles. The van der Waals surface area contributed by atoms with Gasteiger partial charge in [0.1, 0.15) is 17.5 Å². The van der Waals surface area contributed by atoms with Gasteiger partial charge < -0.3 is 15.8 Å². The van der Waals surface area contributed by atoms with E-state index in [1.165, 1.54) is 0 Å². The third-order valence-corrected chi connectivity index (χ3v) is 2.34. The number of nitrogens with one attached hydrogen (secondary N) is 1. The fraction of sp³-hybridized carbons (Fsp3) is 0.250. The highest BCUT2D eigenvalue weighted by molar-refractivity contribution is 5.45. The van der Waals surface area contributed by atoms with E-state index in [1.807, 2.05) is 12.1 Å². The summed E-state index contributed by atoms with van der Waals surface area (Å²) in [7, 11) is 1.59. The first-order chi connectivity index (χ1) is 8.67. The van der Waals surface area contributed by atoms with Crippen molar-refractivity contribution in [3.63, 3.8) is 0 Å². The van der Waals surface area contributed by atoms with Gasteiger partial charge in [0.15, 0.2) is 0 Å². The van der Waals surface area contributed by atoms with Gasteiger partial charge in [-0.05, 0) is 18.6 Å². The molecule has 6 heteroatoms. The lowest BCUT2D eigenvalue weighted by molar-refractivity contribution is 0.397. The van der Waals surface area contributed by atoms with E-state index in [2.05, 4.69) is 20.3 Å². The van der Waals surface area contributed by atoms with Gasteiger partial charge in [-0.2, -0.15) is 0 Å². The zero-order chi connectivity index (χ0) is 13.0. The summed E-state index contributed by atoms with van der Waals surface area (Å²) in [6.07, 6.45) is 1.70. The second-order valence-electron chi connectivity index (χ2n) is 3.79. The number of hydrogen-bond acceptors (Lipinski definition) is 6. The van der Waals surface area contributed by atoms with Crippen LogP contribution in [-0.4, -0.2) is 22.1 Å². The summed E-state index contributed by atoms with van der Waals surface area (Å²) in [5, 5.41) is 3.18. The van der Waals surface area contributed by atoms with Crippen LogP contribution in [0.1, 0.15) is 11.4 Å². The van der Waals surface area contributed by atoms with Crippen LogP contribution in [0.2, 0.25) is 0 Å². The number of aryl methyl sites for hydroxylation is 1. The highest BCUT2D eigenvalue weighted by Crippen LogP contribution is 2.12. The van der Waals surface area contributed by atoms with Gasteiger partial charge in [0.2, 0.25) is 5.88 Å². The minimum atomic E-state index is 0.456. The molecule has 0 aliphatic rings. The van der Waals surface area contributed by atoms with Crippen LogP contribution in [0.25, 0.3) is 0 Å². The van der Waals surface area contributed by atoms with Gasteiger partial charge in [0.25, 0.3) is 0 Å². The van der Waals surface area contributed by atoms with E-state index in [1.54, 1.807) is 26.3 Å². The molecule has 2 aromatic rings. The predicted octanol–water partition coefficient (Wildman–Crippen LogP) is 1.38. The average Bonchev–Trinajstić information content (AvgIpc) is 2.35. The van der Waals surface area contributed by atoms with Gasteiger partial charge >= 0.3 is 0 Å². The number of aromatic nitrogens is 3. The van der Waals surface area contributed by atoms with Crippen LogP contribution >= 0.6 is 0 Å². The maximum atomic E-state index is 5.65. The summed E-state index contributed by atoms with van der Waals surface area (Å²) in [5.41, 5.74) is 6.71. The SMILES string of the molecule is COc1cc(CNc2cc(N)nc(C)n2)ccn1. The molecule has 94 valence electrons. The van der Waals surface area contributed by atoms with Gasteiger partial charge in [-0.3, -0.25) is 0 Å². The predicted molar refractivity (Wildman–Crippen MR) is 69.3 cm³/mol. The maximum Gasteiger partial charge on any atom is 0.213 e. The van der Waals surface area contributed by atoms with Crippen molar-refractivity contribution in [2.24, 2.45) is 0 Å². The third-order valence-electron chi connectivity index (χ3n) is 2.34. The molecule has 2 heterocycles. The molecule has 0 amide bonds. The Balaban J connectivity index is 2.06. The molecule has 0 atom stereocenters. The summed E-state index contributed by atoms with van der Waals surface area (Å²) in [6, 6.07) is 5.47. The molecule has 0 saturated carbocycles. The van der Waals surface area contributed by atoms with Crippen LogP contribution in [0.3, 0.4) is 0 Å². The molecule has 0 saturated heterocycles. The van der Waals surface area contributed by atoms with Gasteiger partial charge in [-0.25, -0.2) is 15.0 Å². The van der Waals surface area contributed by atoms with E-state index in [4.69, 9.17) is 10.5 Å². The third kappa shape index (κ3) is 3.07. The normalized spacial score (nSPS) is 10.1. The first-order valence-electron chi connectivity index (χ1n) is 5.51. The van der Waals surface area contributed by atoms with Crippen LogP contribution in [0.5, 0.6) is 5.88 Å². The number of nitrogens with zero attached hydrogens (tertiary/aromatic N) is 3. The van der Waals surface area contributed by atoms with Crippen molar-refractivity contribution in [3.8, 4) is 5.88 Å². The number of methoxy groups -OCH3 is 1. The van der Waals surface area contributed by atoms with Crippen molar-refractivity contribution >= 4 is 11.6 Å². The molecule has 0 fully saturated rings. The van der Waals surface area contributed by atoms with Crippen LogP contribution in [-0.2, 0) is 6.54 Å². The first-order valence-corrected chi connectivity index (χ1v) is 5.51. The van der Waals surface area contributed by atoms with Crippen molar-refractivity contribution in [2.75, 3.05) is 18.2 Å². The summed E-state index contributed by atoms with van der Waals surface area (Å²) in [6.45, 7) is 2.42. The lowest BCUT2D eigenvalue weighted by Crippen LogP contribution is -2.05. The highest BCUT2D eigenvalue weighted by atomic mass is 16.5. The number of rotatable bonds is 4. The van der Waals surface area contributed by atoms with Crippen LogP contribution in [0.4, 0.5) is 11.6 Å². The van der Waals surface area contributed by atoms with Gasteiger partial charge in [0.05, 0.1) is 7.11 Å². The molecule has 18 heavy (non-hydrogen) atoms. The molecule has 3 N–H and O–H groups in total. The number of pyridine rings is 1. The van der Waals surface area contributed by atoms with Crippen LogP contribution < -0.4 is 15.8 Å². The van der Waals surface area contributed by atoms with Crippen molar-refractivity contribution in [3.05, 3.63) is 35.8 Å². The van der Waals surface area contributed by atoms with E-state index < -0.39 is 0 Å². The Bertz CT molecular complexity index is 523. The van der Waals surface area contributed by atoms with Crippen molar-refractivity contribution in [2.45, 2.75) is 13.5 Å². The fourth-order valence-corrected chi connectivity index (χ4v) is 1.55. The van der Waals surface area contributed by atoms with E-state index in [0.717, 1.165) is 5.56 Å². The second kappa shape index (κ2) is 5.31. The minimum Gasteiger partial charge on any atom is -0.481 e. The molecule has 0 spiro atoms. The summed E-state index contributed by atoms with van der Waals surface area (Å²) >= 11 is 0. The largest absolute Gasteiger partial charge is 0.481 e. The Labute approximate surface area is 105 Å². The van der Waals surface area contributed by atoms with Gasteiger partial charge in [0, 0.05) is 24.9 Å². The van der Waals surface area contributed by atoms with E-state index in [0.29, 0.717) is 29.9 Å². The quantitative estimate of drug-likeness (QED) is 0.846. The van der Waals surface area contributed by atoms with E-state index in [9.17, 15) is 0 Å². The number of anilines is 2. The van der Waals surface area contributed by atoms with Crippen LogP contribution in [0.15, 0.2) is 24.4 Å². The summed E-state index contributed by atoms with van der Waals surface area (Å²) in [4.78, 5) is 12.3. The molecule has 0 radical (unpaired) electrons. The number of ether oxygens (including phenoxy) is 1. The monoisotopic (exact) mass is 245 g/mol. The Morgan fingerprint density at radius 2 is 2.17 bits per heavy atom. The fourth-order valence-electron chi connectivity index (χ4n) is 1.55. The Morgan fingerprint density at radius 1 is 1.33 bits per heavy atom. The Kier molecular flexibility index (Phi) is 3.57. The molecule has 0 bridgehead atoms. The average molecular weight is 245 g/mol. The molecule has 0 unspecified atom stereocenters. The Morgan fingerprint density at radius 3 is 2.89 bits per heavy atom. The van der Waals surface area contributed by atoms with Crippen molar-refractivity contribution in [1.29, 1.82) is 0 Å². The lowest BCUT2D eigenvalue weighted by atomic mass is 10.2. The van der Waals surface area contributed by atoms with Crippen molar-refractivity contribution in [1.82, 2.24) is 15.0 Å². The standard InChI is InChI=1S/C12H15N5O/c1-8-16-10(13)6-11(17-8)15-7-9-3-4-14-12(5-9)18-2/h3-6H,7H2,1-2H3,(H3,13,15,16,17). The van der Waals surface area contributed by atoms with E-state index >= 15 is 0 Å². The smallest absolute Gasteiger partial charge is 0.213 e. The summed E-state index contributed by atoms with van der Waals surface area (Å²) in [5.74, 6) is 2.39. The number of nitrogen functional groups attached to an aromatic ring is 1. The minimum absolute atomic E-state index is 0.456. The van der Waals surface area contributed by atoms with Crippen LogP contribution in [0, 0.1) is 6.92 Å². The van der Waals surface area contributed by atoms with Gasteiger partial charge in [-0.15, -0.1) is 0 Å². The molecule has 2 rings (SSSR count). The maximum absolute atomic E-state index is 5.65. The molecule has 0 aromatic carbocycles.